The fraction of sp³-hybridized carbons (Fsp3) is 0.125. The number of rotatable bonds is 3. The lowest BCUT2D eigenvalue weighted by molar-refractivity contribution is 0.103. The standard InChI is InChI=1S/C16H13NO2/c18-15(12-7-3-1-4-8-12)14-11-19-16(17-14)13-9-5-2-6-10-13/h1,3-5,7-11H,2,6H2. The van der Waals surface area contributed by atoms with Crippen molar-refractivity contribution >= 4 is 11.4 Å². The highest BCUT2D eigenvalue weighted by molar-refractivity contribution is 6.07. The van der Waals surface area contributed by atoms with Gasteiger partial charge in [-0.1, -0.05) is 48.6 Å². The van der Waals surface area contributed by atoms with Crippen LogP contribution >= 0.6 is 0 Å². The van der Waals surface area contributed by atoms with Crippen LogP contribution in [-0.4, -0.2) is 10.8 Å². The van der Waals surface area contributed by atoms with Crippen LogP contribution in [0.3, 0.4) is 0 Å². The third-order valence-electron chi connectivity index (χ3n) is 3.01. The Kier molecular flexibility index (Phi) is 3.11. The molecule has 0 atom stereocenters. The van der Waals surface area contributed by atoms with Crippen molar-refractivity contribution in [3.05, 3.63) is 72.0 Å². The molecule has 0 spiro atoms. The highest BCUT2D eigenvalue weighted by Gasteiger charge is 2.15. The van der Waals surface area contributed by atoms with Crippen molar-refractivity contribution in [2.24, 2.45) is 0 Å². The molecule has 0 radical (unpaired) electrons. The lowest BCUT2D eigenvalue weighted by Gasteiger charge is -2.01. The van der Waals surface area contributed by atoms with E-state index >= 15 is 0 Å². The van der Waals surface area contributed by atoms with Crippen LogP contribution in [0.1, 0.15) is 34.8 Å². The average molecular weight is 251 g/mol. The number of carbonyl (C=O) groups is 1. The molecule has 1 heterocycles. The van der Waals surface area contributed by atoms with Crippen molar-refractivity contribution in [1.29, 1.82) is 0 Å². The van der Waals surface area contributed by atoms with Gasteiger partial charge in [0.2, 0.25) is 11.7 Å². The summed E-state index contributed by atoms with van der Waals surface area (Å²) >= 11 is 0. The maximum Gasteiger partial charge on any atom is 0.226 e. The summed E-state index contributed by atoms with van der Waals surface area (Å²) in [6, 6.07) is 9.09. The smallest absolute Gasteiger partial charge is 0.226 e. The van der Waals surface area contributed by atoms with Gasteiger partial charge >= 0.3 is 0 Å². The molecule has 0 unspecified atom stereocenters. The minimum absolute atomic E-state index is 0.115. The molecule has 0 bridgehead atoms. The summed E-state index contributed by atoms with van der Waals surface area (Å²) in [7, 11) is 0. The summed E-state index contributed by atoms with van der Waals surface area (Å²) in [5, 5.41) is 0. The first kappa shape index (κ1) is 11.7. The Hall–Kier alpha value is -2.42. The Bertz CT molecular complexity index is 650. The maximum atomic E-state index is 12.2. The van der Waals surface area contributed by atoms with Gasteiger partial charge in [0.25, 0.3) is 0 Å². The highest BCUT2D eigenvalue weighted by Crippen LogP contribution is 2.21. The Morgan fingerprint density at radius 1 is 1.16 bits per heavy atom. The molecule has 0 amide bonds. The molecule has 0 N–H and O–H groups in total. The SMILES string of the molecule is O=C(c1ccccc1)c1coc(C2=CCCC=C2)n1. The van der Waals surface area contributed by atoms with Gasteiger partial charge in [-0.25, -0.2) is 4.98 Å². The Morgan fingerprint density at radius 2 is 2.00 bits per heavy atom. The number of aromatic nitrogens is 1. The zero-order valence-electron chi connectivity index (χ0n) is 10.4. The topological polar surface area (TPSA) is 43.1 Å². The van der Waals surface area contributed by atoms with E-state index in [1.54, 1.807) is 12.1 Å². The van der Waals surface area contributed by atoms with E-state index < -0.39 is 0 Å². The van der Waals surface area contributed by atoms with Crippen molar-refractivity contribution < 1.29 is 9.21 Å². The second-order valence-corrected chi connectivity index (χ2v) is 4.37. The van der Waals surface area contributed by atoms with Crippen LogP contribution in [0.4, 0.5) is 0 Å². The monoisotopic (exact) mass is 251 g/mol. The van der Waals surface area contributed by atoms with E-state index in [0.29, 0.717) is 17.1 Å². The van der Waals surface area contributed by atoms with Crippen molar-refractivity contribution in [1.82, 2.24) is 4.98 Å². The van der Waals surface area contributed by atoms with E-state index in [1.807, 2.05) is 24.3 Å². The third kappa shape index (κ3) is 2.40. The summed E-state index contributed by atoms with van der Waals surface area (Å²) in [6.45, 7) is 0. The fourth-order valence-corrected chi connectivity index (χ4v) is 2.02. The molecule has 1 aromatic heterocycles. The average Bonchev–Trinajstić information content (AvgIpc) is 2.98. The predicted molar refractivity (Wildman–Crippen MR) is 72.7 cm³/mol. The molecule has 94 valence electrons. The maximum absolute atomic E-state index is 12.2. The van der Waals surface area contributed by atoms with E-state index in [-0.39, 0.29) is 5.78 Å². The van der Waals surface area contributed by atoms with Crippen LogP contribution in [0.5, 0.6) is 0 Å². The van der Waals surface area contributed by atoms with Crippen molar-refractivity contribution in [3.63, 3.8) is 0 Å². The minimum atomic E-state index is -0.115. The molecule has 2 aromatic rings. The second-order valence-electron chi connectivity index (χ2n) is 4.37. The molecular weight excluding hydrogens is 238 g/mol. The fourth-order valence-electron chi connectivity index (χ4n) is 2.02. The molecule has 0 saturated heterocycles. The van der Waals surface area contributed by atoms with Gasteiger partial charge in [-0.2, -0.15) is 0 Å². The van der Waals surface area contributed by atoms with Crippen molar-refractivity contribution in [3.8, 4) is 0 Å². The molecule has 1 aromatic carbocycles. The van der Waals surface area contributed by atoms with Crippen LogP contribution < -0.4 is 0 Å². The van der Waals surface area contributed by atoms with Crippen molar-refractivity contribution in [2.45, 2.75) is 12.8 Å². The van der Waals surface area contributed by atoms with Crippen LogP contribution in [0.25, 0.3) is 5.57 Å². The summed E-state index contributed by atoms with van der Waals surface area (Å²) in [4.78, 5) is 16.5. The number of benzene rings is 1. The number of nitrogens with zero attached hydrogens (tertiary/aromatic N) is 1. The zero-order valence-corrected chi connectivity index (χ0v) is 10.4. The quantitative estimate of drug-likeness (QED) is 0.782. The number of hydrogen-bond acceptors (Lipinski definition) is 3. The first-order chi connectivity index (χ1) is 9.34. The first-order valence-electron chi connectivity index (χ1n) is 6.27. The van der Waals surface area contributed by atoms with Gasteiger partial charge in [0.05, 0.1) is 0 Å². The van der Waals surface area contributed by atoms with E-state index in [1.165, 1.54) is 6.26 Å². The summed E-state index contributed by atoms with van der Waals surface area (Å²) < 4.78 is 5.40. The summed E-state index contributed by atoms with van der Waals surface area (Å²) in [5.74, 6) is 0.395. The zero-order chi connectivity index (χ0) is 13.1. The van der Waals surface area contributed by atoms with Crippen LogP contribution in [0.15, 0.2) is 59.2 Å². The lowest BCUT2D eigenvalue weighted by atomic mass is 10.1. The predicted octanol–water partition coefficient (Wildman–Crippen LogP) is 3.64. The third-order valence-corrected chi connectivity index (χ3v) is 3.01. The molecule has 0 fully saturated rings. The molecule has 0 aliphatic heterocycles. The van der Waals surface area contributed by atoms with Gasteiger partial charge in [0.1, 0.15) is 6.26 Å². The Morgan fingerprint density at radius 3 is 2.74 bits per heavy atom. The molecule has 19 heavy (non-hydrogen) atoms. The van der Waals surface area contributed by atoms with E-state index in [4.69, 9.17) is 4.42 Å². The molecule has 1 aliphatic carbocycles. The Balaban J connectivity index is 1.88. The molecule has 1 aliphatic rings. The van der Waals surface area contributed by atoms with Gasteiger partial charge in [-0.15, -0.1) is 0 Å². The van der Waals surface area contributed by atoms with Gasteiger partial charge in [-0.05, 0) is 12.8 Å². The van der Waals surface area contributed by atoms with E-state index in [0.717, 1.165) is 18.4 Å². The van der Waals surface area contributed by atoms with Crippen molar-refractivity contribution in [2.75, 3.05) is 0 Å². The van der Waals surface area contributed by atoms with E-state index in [2.05, 4.69) is 17.1 Å². The normalized spacial score (nSPS) is 14.2. The molecule has 3 heteroatoms. The molecule has 3 rings (SSSR count). The van der Waals surface area contributed by atoms with Gasteiger partial charge in [0, 0.05) is 11.1 Å². The number of allylic oxidation sites excluding steroid dienone is 4. The number of ketones is 1. The lowest BCUT2D eigenvalue weighted by Crippen LogP contribution is -2.01. The summed E-state index contributed by atoms with van der Waals surface area (Å²) in [6.07, 6.45) is 9.58. The largest absolute Gasteiger partial charge is 0.444 e. The van der Waals surface area contributed by atoms with E-state index in [9.17, 15) is 4.79 Å². The second kappa shape index (κ2) is 5.06. The van der Waals surface area contributed by atoms with Crippen LogP contribution in [0.2, 0.25) is 0 Å². The minimum Gasteiger partial charge on any atom is -0.444 e. The highest BCUT2D eigenvalue weighted by atomic mass is 16.3. The number of oxazole rings is 1. The molecular formula is C16H13NO2. The van der Waals surface area contributed by atoms with Gasteiger partial charge < -0.3 is 4.42 Å². The van der Waals surface area contributed by atoms with Gasteiger partial charge in [-0.3, -0.25) is 4.79 Å². The van der Waals surface area contributed by atoms with Gasteiger partial charge in [0.15, 0.2) is 5.69 Å². The number of carbonyl (C=O) groups excluding carboxylic acids is 1. The van der Waals surface area contributed by atoms with Crippen LogP contribution in [-0.2, 0) is 0 Å². The Labute approximate surface area is 111 Å². The molecule has 3 nitrogen and oxygen atoms in total. The number of hydrogen-bond donors (Lipinski definition) is 0. The van der Waals surface area contributed by atoms with Crippen LogP contribution in [0, 0.1) is 0 Å². The first-order valence-corrected chi connectivity index (χ1v) is 6.27. The molecule has 0 saturated carbocycles. The summed E-state index contributed by atoms with van der Waals surface area (Å²) in [5.41, 5.74) is 1.91.